The first-order chi connectivity index (χ1) is 9.95. The molecule has 1 aliphatic heterocycles. The minimum absolute atomic E-state index is 0.0850. The number of likely N-dealkylation sites (N-methyl/N-ethyl adjacent to an activating group) is 1. The second-order valence-electron chi connectivity index (χ2n) is 5.44. The van der Waals surface area contributed by atoms with Gasteiger partial charge in [0.2, 0.25) is 5.91 Å². The predicted octanol–water partition coefficient (Wildman–Crippen LogP) is 4.14. The molecule has 1 unspecified atom stereocenters. The van der Waals surface area contributed by atoms with Crippen LogP contribution in [-0.4, -0.2) is 13.0 Å². The van der Waals surface area contributed by atoms with Gasteiger partial charge in [0.15, 0.2) is 0 Å². The summed E-state index contributed by atoms with van der Waals surface area (Å²) in [5.41, 5.74) is 4.79. The molecular weight excluding hydrogens is 333 g/mol. The zero-order chi connectivity index (χ0) is 15.1. The highest BCUT2D eigenvalue weighted by Crippen LogP contribution is 2.36. The lowest BCUT2D eigenvalue weighted by Crippen LogP contribution is -2.20. The Morgan fingerprint density at radius 3 is 2.67 bits per heavy atom. The van der Waals surface area contributed by atoms with Crippen molar-refractivity contribution in [2.75, 3.05) is 11.9 Å². The Hall–Kier alpha value is -1.68. The molecule has 108 valence electrons. The van der Waals surface area contributed by atoms with Crippen molar-refractivity contribution >= 4 is 27.5 Å². The lowest BCUT2D eigenvalue weighted by Gasteiger charge is -2.14. The highest BCUT2D eigenvalue weighted by atomic mass is 79.9. The molecule has 0 bridgehead atoms. The molecule has 3 rings (SSSR count). The van der Waals surface area contributed by atoms with Gasteiger partial charge >= 0.3 is 0 Å². The van der Waals surface area contributed by atoms with Crippen molar-refractivity contribution in [1.82, 2.24) is 0 Å². The number of hydrogen-bond donors (Lipinski definition) is 0. The molecule has 0 N–H and O–H groups in total. The lowest BCUT2D eigenvalue weighted by molar-refractivity contribution is -0.117. The van der Waals surface area contributed by atoms with Crippen LogP contribution in [-0.2, 0) is 11.2 Å². The number of alkyl halides is 1. The number of halogens is 2. The molecule has 2 nitrogen and oxygen atoms in total. The third-order valence-corrected chi connectivity index (χ3v) is 4.89. The highest BCUT2D eigenvalue weighted by Gasteiger charge is 2.25. The Bertz CT molecular complexity index is 708. The van der Waals surface area contributed by atoms with Crippen LogP contribution in [0.2, 0.25) is 0 Å². The summed E-state index contributed by atoms with van der Waals surface area (Å²) in [4.78, 5) is 13.3. The van der Waals surface area contributed by atoms with Crippen molar-refractivity contribution in [3.05, 3.63) is 64.5 Å². The fraction of sp³-hybridized carbons (Fsp3) is 0.235. The average molecular weight is 348 g/mol. The number of carbonyl (C=O) groups excluding carboxylic acids is 1. The van der Waals surface area contributed by atoms with E-state index in [2.05, 4.69) is 15.9 Å². The first-order valence-electron chi connectivity index (χ1n) is 6.76. The maximum absolute atomic E-state index is 13.6. The van der Waals surface area contributed by atoms with Crippen LogP contribution in [0.25, 0.3) is 0 Å². The maximum Gasteiger partial charge on any atom is 0.231 e. The number of anilines is 1. The summed E-state index contributed by atoms with van der Waals surface area (Å²) in [5.74, 6) is -0.125. The SMILES string of the molecule is Cc1cc(F)cc(C(Br)c2ccc3c(c2)CC(=O)N3C)c1. The quantitative estimate of drug-likeness (QED) is 0.747. The maximum atomic E-state index is 13.6. The van der Waals surface area contributed by atoms with E-state index in [0.717, 1.165) is 27.9 Å². The smallest absolute Gasteiger partial charge is 0.231 e. The molecule has 1 atom stereocenters. The van der Waals surface area contributed by atoms with Crippen molar-refractivity contribution in [2.45, 2.75) is 18.2 Å². The summed E-state index contributed by atoms with van der Waals surface area (Å²) in [6.45, 7) is 1.88. The van der Waals surface area contributed by atoms with Gasteiger partial charge in [0, 0.05) is 12.7 Å². The molecule has 1 aliphatic rings. The lowest BCUT2D eigenvalue weighted by atomic mass is 10.00. The van der Waals surface area contributed by atoms with Crippen molar-refractivity contribution in [3.8, 4) is 0 Å². The zero-order valence-corrected chi connectivity index (χ0v) is 13.4. The Kier molecular flexibility index (Phi) is 3.57. The van der Waals surface area contributed by atoms with Gasteiger partial charge in [0.25, 0.3) is 0 Å². The summed E-state index contributed by atoms with van der Waals surface area (Å²) in [6, 6.07) is 11.0. The molecule has 0 radical (unpaired) electrons. The van der Waals surface area contributed by atoms with E-state index >= 15 is 0 Å². The van der Waals surface area contributed by atoms with Crippen molar-refractivity contribution in [2.24, 2.45) is 0 Å². The number of rotatable bonds is 2. The van der Waals surface area contributed by atoms with E-state index in [1.54, 1.807) is 11.9 Å². The van der Waals surface area contributed by atoms with Gasteiger partial charge in [-0.1, -0.05) is 34.1 Å². The summed E-state index contributed by atoms with van der Waals surface area (Å²) in [7, 11) is 1.79. The van der Waals surface area contributed by atoms with Gasteiger partial charge in [-0.3, -0.25) is 4.79 Å². The first kappa shape index (κ1) is 14.3. The second-order valence-corrected chi connectivity index (χ2v) is 6.36. The second kappa shape index (κ2) is 5.26. The van der Waals surface area contributed by atoms with Crippen LogP contribution in [0.15, 0.2) is 36.4 Å². The molecule has 0 aromatic heterocycles. The van der Waals surface area contributed by atoms with Crippen LogP contribution in [0.4, 0.5) is 10.1 Å². The van der Waals surface area contributed by atoms with Gasteiger partial charge in [-0.15, -0.1) is 0 Å². The molecule has 1 heterocycles. The van der Waals surface area contributed by atoms with E-state index in [0.29, 0.717) is 6.42 Å². The van der Waals surface area contributed by atoms with E-state index in [1.807, 2.05) is 31.2 Å². The number of amides is 1. The Morgan fingerprint density at radius 2 is 1.95 bits per heavy atom. The Labute approximate surface area is 131 Å². The monoisotopic (exact) mass is 347 g/mol. The van der Waals surface area contributed by atoms with Gasteiger partial charge in [-0.25, -0.2) is 4.39 Å². The normalized spacial score (nSPS) is 15.2. The summed E-state index contributed by atoms with van der Waals surface area (Å²) >= 11 is 3.64. The third kappa shape index (κ3) is 2.60. The van der Waals surface area contributed by atoms with Gasteiger partial charge in [-0.2, -0.15) is 0 Å². The average Bonchev–Trinajstić information content (AvgIpc) is 2.71. The van der Waals surface area contributed by atoms with Crippen LogP contribution in [0.3, 0.4) is 0 Å². The van der Waals surface area contributed by atoms with Crippen LogP contribution in [0.1, 0.15) is 27.1 Å². The summed E-state index contributed by atoms with van der Waals surface area (Å²) < 4.78 is 13.6. The van der Waals surface area contributed by atoms with Crippen molar-refractivity contribution < 1.29 is 9.18 Å². The molecule has 2 aromatic carbocycles. The van der Waals surface area contributed by atoms with Crippen molar-refractivity contribution in [1.29, 1.82) is 0 Å². The van der Waals surface area contributed by atoms with Crippen LogP contribution in [0, 0.1) is 12.7 Å². The van der Waals surface area contributed by atoms with Crippen LogP contribution in [0.5, 0.6) is 0 Å². The molecule has 0 saturated carbocycles. The first-order valence-corrected chi connectivity index (χ1v) is 7.68. The number of nitrogens with zero attached hydrogens (tertiary/aromatic N) is 1. The Morgan fingerprint density at radius 1 is 1.19 bits per heavy atom. The van der Waals surface area contributed by atoms with Gasteiger partial charge < -0.3 is 4.90 Å². The predicted molar refractivity (Wildman–Crippen MR) is 85.5 cm³/mol. The minimum Gasteiger partial charge on any atom is -0.315 e. The van der Waals surface area contributed by atoms with E-state index in [4.69, 9.17) is 0 Å². The summed E-state index contributed by atoms with van der Waals surface area (Å²) in [5, 5.41) is 0. The summed E-state index contributed by atoms with van der Waals surface area (Å²) in [6.07, 6.45) is 0.432. The molecule has 0 saturated heterocycles. The van der Waals surface area contributed by atoms with Crippen LogP contribution >= 0.6 is 15.9 Å². The molecule has 0 aliphatic carbocycles. The number of carbonyl (C=O) groups is 1. The van der Waals surface area contributed by atoms with E-state index in [1.165, 1.54) is 12.1 Å². The number of hydrogen-bond acceptors (Lipinski definition) is 1. The topological polar surface area (TPSA) is 20.3 Å². The standard InChI is InChI=1S/C17H15BrFNO/c1-10-5-13(8-14(19)6-10)17(18)11-3-4-15-12(7-11)9-16(21)20(15)2/h3-8,17H,9H2,1-2H3. The number of fused-ring (bicyclic) bond motifs is 1. The molecular formula is C17H15BrFNO. The number of benzene rings is 2. The van der Waals surface area contributed by atoms with E-state index in [-0.39, 0.29) is 16.6 Å². The van der Waals surface area contributed by atoms with E-state index in [9.17, 15) is 9.18 Å². The largest absolute Gasteiger partial charge is 0.315 e. The third-order valence-electron chi connectivity index (χ3n) is 3.83. The molecule has 4 heteroatoms. The fourth-order valence-corrected chi connectivity index (χ4v) is 3.30. The molecule has 0 spiro atoms. The van der Waals surface area contributed by atoms with Crippen LogP contribution < -0.4 is 4.90 Å². The fourth-order valence-electron chi connectivity index (χ4n) is 2.75. The number of aryl methyl sites for hydroxylation is 1. The van der Waals surface area contributed by atoms with Gasteiger partial charge in [-0.05, 0) is 47.4 Å². The van der Waals surface area contributed by atoms with Crippen molar-refractivity contribution in [3.63, 3.8) is 0 Å². The molecule has 2 aromatic rings. The Balaban J connectivity index is 1.98. The zero-order valence-electron chi connectivity index (χ0n) is 11.9. The minimum atomic E-state index is -0.231. The molecule has 0 fully saturated rings. The molecule has 1 amide bonds. The highest BCUT2D eigenvalue weighted by molar-refractivity contribution is 9.09. The molecule has 21 heavy (non-hydrogen) atoms. The van der Waals surface area contributed by atoms with Gasteiger partial charge in [0.05, 0.1) is 11.2 Å². The van der Waals surface area contributed by atoms with Gasteiger partial charge in [0.1, 0.15) is 5.82 Å². The van der Waals surface area contributed by atoms with E-state index < -0.39 is 0 Å².